The Morgan fingerprint density at radius 3 is 2.86 bits per heavy atom. The van der Waals surface area contributed by atoms with E-state index in [4.69, 9.17) is 0 Å². The lowest BCUT2D eigenvalue weighted by atomic mass is 10.2. The van der Waals surface area contributed by atoms with Gasteiger partial charge in [0.1, 0.15) is 0 Å². The molecule has 2 rings (SSSR count). The third-order valence-corrected chi connectivity index (χ3v) is 4.33. The first-order valence-electron chi connectivity index (χ1n) is 4.83. The summed E-state index contributed by atoms with van der Waals surface area (Å²) < 4.78 is 12.7. The molecule has 76 valence electrons. The minimum atomic E-state index is -0.668. The Labute approximate surface area is 95.5 Å². The fourth-order valence-electron chi connectivity index (χ4n) is 1.42. The van der Waals surface area contributed by atoms with Crippen LogP contribution in [-0.4, -0.2) is 9.96 Å². The van der Waals surface area contributed by atoms with Gasteiger partial charge in [-0.1, -0.05) is 28.1 Å². The molecule has 1 aliphatic rings. The number of hydrogen-bond acceptors (Lipinski definition) is 1. The fraction of sp³-hybridized carbons (Fsp3) is 0.455. The molecule has 1 aliphatic carbocycles. The molecule has 14 heavy (non-hydrogen) atoms. The summed E-state index contributed by atoms with van der Waals surface area (Å²) in [6, 6.07) is 8.07. The Hall–Kier alpha value is -0.150. The zero-order valence-corrected chi connectivity index (χ0v) is 10.3. The molecule has 0 amide bonds. The number of halogens is 1. The highest BCUT2D eigenvalue weighted by Crippen LogP contribution is 2.30. The summed E-state index contributed by atoms with van der Waals surface area (Å²) in [5.41, 5.74) is 1.17. The van der Waals surface area contributed by atoms with E-state index < -0.39 is 10.8 Å². The standard InChI is InChI=1S/C11H13BrOS/c12-11-3-1-2-10(6-11)8-14(13)7-9-4-5-9/h1-3,6,9H,4-5,7-8H2. The largest absolute Gasteiger partial charge is 0.259 e. The molecule has 0 radical (unpaired) electrons. The van der Waals surface area contributed by atoms with Crippen molar-refractivity contribution >= 4 is 26.7 Å². The van der Waals surface area contributed by atoms with Gasteiger partial charge in [0.05, 0.1) is 0 Å². The van der Waals surface area contributed by atoms with E-state index in [2.05, 4.69) is 15.9 Å². The van der Waals surface area contributed by atoms with Crippen LogP contribution in [0.3, 0.4) is 0 Å². The second kappa shape index (κ2) is 4.58. The molecular weight excluding hydrogens is 260 g/mol. The molecule has 1 unspecified atom stereocenters. The van der Waals surface area contributed by atoms with Gasteiger partial charge >= 0.3 is 0 Å². The zero-order valence-electron chi connectivity index (χ0n) is 7.91. The Kier molecular flexibility index (Phi) is 3.39. The predicted octanol–water partition coefficient (Wildman–Crippen LogP) is 3.11. The second-order valence-electron chi connectivity index (χ2n) is 3.82. The average molecular weight is 273 g/mol. The van der Waals surface area contributed by atoms with Crippen LogP contribution in [0.1, 0.15) is 18.4 Å². The van der Waals surface area contributed by atoms with Crippen LogP contribution in [0.25, 0.3) is 0 Å². The van der Waals surface area contributed by atoms with Gasteiger partial charge in [-0.3, -0.25) is 4.21 Å². The third-order valence-electron chi connectivity index (χ3n) is 2.34. The van der Waals surface area contributed by atoms with Crippen LogP contribution in [0.2, 0.25) is 0 Å². The fourth-order valence-corrected chi connectivity index (χ4v) is 3.39. The molecule has 0 N–H and O–H groups in total. The second-order valence-corrected chi connectivity index (χ2v) is 6.24. The van der Waals surface area contributed by atoms with Crippen LogP contribution in [0.5, 0.6) is 0 Å². The molecule has 1 saturated carbocycles. The van der Waals surface area contributed by atoms with Crippen molar-refractivity contribution in [1.29, 1.82) is 0 Å². The van der Waals surface area contributed by atoms with E-state index in [9.17, 15) is 4.21 Å². The number of hydrogen-bond donors (Lipinski definition) is 0. The highest BCUT2D eigenvalue weighted by atomic mass is 79.9. The molecule has 0 bridgehead atoms. The summed E-state index contributed by atoms with van der Waals surface area (Å²) in [6.45, 7) is 0. The summed E-state index contributed by atoms with van der Waals surface area (Å²) in [5.74, 6) is 2.35. The first-order valence-corrected chi connectivity index (χ1v) is 7.11. The van der Waals surface area contributed by atoms with E-state index in [1.54, 1.807) is 0 Å². The predicted molar refractivity (Wildman–Crippen MR) is 63.6 cm³/mol. The summed E-state index contributed by atoms with van der Waals surface area (Å²) >= 11 is 3.42. The van der Waals surface area contributed by atoms with E-state index in [0.717, 1.165) is 16.1 Å². The topological polar surface area (TPSA) is 17.1 Å². The first-order chi connectivity index (χ1) is 6.74. The Bertz CT molecular complexity index is 347. The van der Waals surface area contributed by atoms with Gasteiger partial charge in [-0.2, -0.15) is 0 Å². The maximum absolute atomic E-state index is 11.7. The van der Waals surface area contributed by atoms with Crippen molar-refractivity contribution < 1.29 is 4.21 Å². The van der Waals surface area contributed by atoms with Gasteiger partial charge < -0.3 is 0 Å². The molecule has 1 atom stereocenters. The lowest BCUT2D eigenvalue weighted by Gasteiger charge is -2.01. The van der Waals surface area contributed by atoms with Gasteiger partial charge in [-0.25, -0.2) is 0 Å². The number of rotatable bonds is 4. The van der Waals surface area contributed by atoms with Crippen molar-refractivity contribution in [3.8, 4) is 0 Å². The highest BCUT2D eigenvalue weighted by molar-refractivity contribution is 9.10. The lowest BCUT2D eigenvalue weighted by Crippen LogP contribution is -2.02. The Morgan fingerprint density at radius 1 is 1.43 bits per heavy atom. The Morgan fingerprint density at radius 2 is 2.21 bits per heavy atom. The summed E-state index contributed by atoms with van der Waals surface area (Å²) in [7, 11) is -0.668. The third kappa shape index (κ3) is 3.21. The van der Waals surface area contributed by atoms with Crippen molar-refractivity contribution in [2.24, 2.45) is 5.92 Å². The van der Waals surface area contributed by atoms with E-state index in [1.165, 1.54) is 18.4 Å². The van der Waals surface area contributed by atoms with Crippen molar-refractivity contribution in [1.82, 2.24) is 0 Å². The van der Waals surface area contributed by atoms with Crippen LogP contribution >= 0.6 is 15.9 Å². The molecule has 0 spiro atoms. The van der Waals surface area contributed by atoms with Crippen LogP contribution < -0.4 is 0 Å². The first kappa shape index (κ1) is 10.4. The summed E-state index contributed by atoms with van der Waals surface area (Å²) in [6.07, 6.45) is 2.56. The van der Waals surface area contributed by atoms with Gasteiger partial charge in [0, 0.05) is 26.8 Å². The van der Waals surface area contributed by atoms with Crippen molar-refractivity contribution in [2.45, 2.75) is 18.6 Å². The smallest absolute Gasteiger partial charge is 0.0486 e. The monoisotopic (exact) mass is 272 g/mol. The summed E-state index contributed by atoms with van der Waals surface area (Å²) in [4.78, 5) is 0. The van der Waals surface area contributed by atoms with E-state index >= 15 is 0 Å². The molecule has 1 aromatic rings. The van der Waals surface area contributed by atoms with E-state index in [1.807, 2.05) is 24.3 Å². The Balaban J connectivity index is 1.92. The molecule has 1 nitrogen and oxygen atoms in total. The maximum Gasteiger partial charge on any atom is 0.0486 e. The minimum absolute atomic E-state index is 0.668. The highest BCUT2D eigenvalue weighted by Gasteiger charge is 2.23. The zero-order chi connectivity index (χ0) is 9.97. The quantitative estimate of drug-likeness (QED) is 0.823. The molecule has 3 heteroatoms. The summed E-state index contributed by atoms with van der Waals surface area (Å²) in [5, 5.41) is 0. The average Bonchev–Trinajstić information content (AvgIpc) is 2.87. The van der Waals surface area contributed by atoms with Crippen LogP contribution in [0.15, 0.2) is 28.7 Å². The molecule has 1 fully saturated rings. The molecular formula is C11H13BrOS. The van der Waals surface area contributed by atoms with Crippen LogP contribution in [0.4, 0.5) is 0 Å². The van der Waals surface area contributed by atoms with E-state index in [0.29, 0.717) is 5.75 Å². The van der Waals surface area contributed by atoms with Crippen molar-refractivity contribution in [2.75, 3.05) is 5.75 Å². The molecule has 1 aromatic carbocycles. The lowest BCUT2D eigenvalue weighted by molar-refractivity contribution is 0.679. The molecule has 0 saturated heterocycles. The molecule has 0 aromatic heterocycles. The van der Waals surface area contributed by atoms with Crippen molar-refractivity contribution in [3.05, 3.63) is 34.3 Å². The molecule has 0 heterocycles. The van der Waals surface area contributed by atoms with Gasteiger partial charge in [0.25, 0.3) is 0 Å². The normalized spacial score (nSPS) is 18.1. The van der Waals surface area contributed by atoms with Gasteiger partial charge in [0.15, 0.2) is 0 Å². The van der Waals surface area contributed by atoms with Gasteiger partial charge in [-0.05, 0) is 36.5 Å². The van der Waals surface area contributed by atoms with Crippen LogP contribution in [0, 0.1) is 5.92 Å². The van der Waals surface area contributed by atoms with Crippen LogP contribution in [-0.2, 0) is 16.6 Å². The minimum Gasteiger partial charge on any atom is -0.259 e. The maximum atomic E-state index is 11.7. The van der Waals surface area contributed by atoms with Gasteiger partial charge in [0.2, 0.25) is 0 Å². The van der Waals surface area contributed by atoms with E-state index in [-0.39, 0.29) is 0 Å². The number of benzene rings is 1. The van der Waals surface area contributed by atoms with Crippen molar-refractivity contribution in [3.63, 3.8) is 0 Å². The van der Waals surface area contributed by atoms with Gasteiger partial charge in [-0.15, -0.1) is 0 Å². The SMILES string of the molecule is O=S(Cc1cccc(Br)c1)CC1CC1. The molecule has 0 aliphatic heterocycles.